The third kappa shape index (κ3) is 3.86. The van der Waals surface area contributed by atoms with Gasteiger partial charge in [0.1, 0.15) is 6.61 Å². The van der Waals surface area contributed by atoms with Crippen molar-refractivity contribution < 1.29 is 9.90 Å². The molecule has 1 amide bonds. The zero-order valence-corrected chi connectivity index (χ0v) is 13.0. The molecule has 112 valence electrons. The molecule has 2 atom stereocenters. The molecule has 0 spiro atoms. The Morgan fingerprint density at radius 3 is 2.81 bits per heavy atom. The molecule has 1 N–H and O–H groups in total. The second kappa shape index (κ2) is 6.78. The van der Waals surface area contributed by atoms with E-state index < -0.39 is 0 Å². The lowest BCUT2D eigenvalue weighted by Crippen LogP contribution is -2.44. The van der Waals surface area contributed by atoms with Gasteiger partial charge >= 0.3 is 0 Å². The third-order valence-corrected chi connectivity index (χ3v) is 4.04. The molecular formula is C18H23NO2. The maximum absolute atomic E-state index is 12.7. The van der Waals surface area contributed by atoms with Crippen molar-refractivity contribution in [2.24, 2.45) is 5.92 Å². The standard InChI is InChI=1S/C18H23NO2/c1-13-6-7-19(15(3)9-13)18(21)17-11-14(2)10-16(12-17)5-4-8-20/h10-13,15,20H,6-9H2,1-3H3. The van der Waals surface area contributed by atoms with Crippen LogP contribution >= 0.6 is 0 Å². The molecule has 0 saturated carbocycles. The number of piperidine rings is 1. The highest BCUT2D eigenvalue weighted by atomic mass is 16.2. The molecule has 1 aromatic rings. The first kappa shape index (κ1) is 15.6. The lowest BCUT2D eigenvalue weighted by molar-refractivity contribution is 0.0588. The van der Waals surface area contributed by atoms with Crippen molar-refractivity contribution in [1.29, 1.82) is 0 Å². The number of rotatable bonds is 1. The number of benzene rings is 1. The maximum Gasteiger partial charge on any atom is 0.254 e. The number of hydrogen-bond donors (Lipinski definition) is 1. The minimum absolute atomic E-state index is 0.0881. The second-order valence-corrected chi connectivity index (χ2v) is 6.02. The predicted molar refractivity (Wildman–Crippen MR) is 84.0 cm³/mol. The van der Waals surface area contributed by atoms with E-state index in [1.165, 1.54) is 0 Å². The lowest BCUT2D eigenvalue weighted by Gasteiger charge is -2.36. The van der Waals surface area contributed by atoms with Gasteiger partial charge in [0.25, 0.3) is 5.91 Å². The number of aliphatic hydroxyl groups excluding tert-OH is 1. The highest BCUT2D eigenvalue weighted by Gasteiger charge is 2.27. The number of hydrogen-bond acceptors (Lipinski definition) is 2. The molecule has 1 aliphatic rings. The van der Waals surface area contributed by atoms with Crippen molar-refractivity contribution in [3.8, 4) is 11.8 Å². The van der Waals surface area contributed by atoms with Crippen LogP contribution in [0.15, 0.2) is 18.2 Å². The highest BCUT2D eigenvalue weighted by molar-refractivity contribution is 5.95. The van der Waals surface area contributed by atoms with Crippen LogP contribution in [0.4, 0.5) is 0 Å². The van der Waals surface area contributed by atoms with Crippen molar-refractivity contribution in [2.75, 3.05) is 13.2 Å². The van der Waals surface area contributed by atoms with Crippen LogP contribution in [0.25, 0.3) is 0 Å². The minimum Gasteiger partial charge on any atom is -0.384 e. The summed E-state index contributed by atoms with van der Waals surface area (Å²) in [5.41, 5.74) is 2.49. The van der Waals surface area contributed by atoms with Crippen molar-refractivity contribution >= 4 is 5.91 Å². The number of likely N-dealkylation sites (tertiary alicyclic amines) is 1. The second-order valence-electron chi connectivity index (χ2n) is 6.02. The molecule has 1 heterocycles. The molecule has 2 unspecified atom stereocenters. The van der Waals surface area contributed by atoms with Gasteiger partial charge in [-0.15, -0.1) is 0 Å². The van der Waals surface area contributed by atoms with Gasteiger partial charge in [-0.1, -0.05) is 18.8 Å². The molecular weight excluding hydrogens is 262 g/mol. The Morgan fingerprint density at radius 2 is 2.14 bits per heavy atom. The van der Waals surface area contributed by atoms with E-state index in [0.717, 1.165) is 30.5 Å². The van der Waals surface area contributed by atoms with Crippen molar-refractivity contribution in [1.82, 2.24) is 4.90 Å². The largest absolute Gasteiger partial charge is 0.384 e. The Balaban J connectivity index is 2.24. The van der Waals surface area contributed by atoms with Crippen LogP contribution < -0.4 is 0 Å². The quantitative estimate of drug-likeness (QED) is 0.806. The number of carbonyl (C=O) groups is 1. The molecule has 3 nitrogen and oxygen atoms in total. The minimum atomic E-state index is -0.168. The highest BCUT2D eigenvalue weighted by Crippen LogP contribution is 2.24. The summed E-state index contributed by atoms with van der Waals surface area (Å²) in [6.45, 7) is 6.98. The number of nitrogens with zero attached hydrogens (tertiary/aromatic N) is 1. The first-order valence-corrected chi connectivity index (χ1v) is 7.53. The monoisotopic (exact) mass is 285 g/mol. The van der Waals surface area contributed by atoms with E-state index in [1.807, 2.05) is 30.0 Å². The summed E-state index contributed by atoms with van der Waals surface area (Å²) in [6, 6.07) is 5.95. The summed E-state index contributed by atoms with van der Waals surface area (Å²) in [7, 11) is 0. The third-order valence-electron chi connectivity index (χ3n) is 4.04. The molecule has 2 rings (SSSR count). The first-order chi connectivity index (χ1) is 10.0. The normalized spacial score (nSPS) is 21.6. The van der Waals surface area contributed by atoms with E-state index >= 15 is 0 Å². The fraction of sp³-hybridized carbons (Fsp3) is 0.500. The van der Waals surface area contributed by atoms with E-state index in [9.17, 15) is 4.79 Å². The number of aryl methyl sites for hydroxylation is 1. The van der Waals surface area contributed by atoms with Crippen LogP contribution in [0.5, 0.6) is 0 Å². The van der Waals surface area contributed by atoms with Crippen LogP contribution in [-0.4, -0.2) is 35.1 Å². The fourth-order valence-electron chi connectivity index (χ4n) is 3.00. The molecule has 0 aliphatic carbocycles. The van der Waals surface area contributed by atoms with E-state index in [-0.39, 0.29) is 18.6 Å². The average molecular weight is 285 g/mol. The summed E-state index contributed by atoms with van der Waals surface area (Å²) >= 11 is 0. The van der Waals surface area contributed by atoms with Gasteiger partial charge in [-0.25, -0.2) is 0 Å². The summed E-state index contributed by atoms with van der Waals surface area (Å²) in [4.78, 5) is 14.7. The Kier molecular flexibility index (Phi) is 5.03. The Hall–Kier alpha value is -1.79. The van der Waals surface area contributed by atoms with Crippen molar-refractivity contribution in [3.05, 3.63) is 34.9 Å². The van der Waals surface area contributed by atoms with E-state index in [1.54, 1.807) is 0 Å². The Labute approximate surface area is 127 Å². The first-order valence-electron chi connectivity index (χ1n) is 7.53. The number of carbonyl (C=O) groups excluding carboxylic acids is 1. The predicted octanol–water partition coefficient (Wildman–Crippen LogP) is 2.60. The summed E-state index contributed by atoms with van der Waals surface area (Å²) < 4.78 is 0. The molecule has 3 heteroatoms. The SMILES string of the molecule is Cc1cc(C#CCO)cc(C(=O)N2CCC(C)CC2C)c1. The molecule has 0 aromatic heterocycles. The number of amides is 1. The molecule has 1 saturated heterocycles. The Morgan fingerprint density at radius 1 is 1.38 bits per heavy atom. The zero-order chi connectivity index (χ0) is 15.4. The molecule has 1 aromatic carbocycles. The number of aliphatic hydroxyl groups is 1. The zero-order valence-electron chi connectivity index (χ0n) is 13.0. The van der Waals surface area contributed by atoms with Crippen LogP contribution in [0.3, 0.4) is 0 Å². The summed E-state index contributed by atoms with van der Waals surface area (Å²) in [5.74, 6) is 6.29. The summed E-state index contributed by atoms with van der Waals surface area (Å²) in [5, 5.41) is 8.79. The van der Waals surface area contributed by atoms with Gasteiger partial charge in [-0.05, 0) is 56.4 Å². The van der Waals surface area contributed by atoms with Crippen LogP contribution in [0.1, 0.15) is 48.2 Å². The van der Waals surface area contributed by atoms with Crippen LogP contribution in [0, 0.1) is 24.7 Å². The molecule has 0 bridgehead atoms. The fourth-order valence-corrected chi connectivity index (χ4v) is 3.00. The molecule has 21 heavy (non-hydrogen) atoms. The van der Waals surface area contributed by atoms with E-state index in [2.05, 4.69) is 25.7 Å². The average Bonchev–Trinajstić information content (AvgIpc) is 2.44. The summed E-state index contributed by atoms with van der Waals surface area (Å²) in [6.07, 6.45) is 2.13. The van der Waals surface area contributed by atoms with E-state index in [0.29, 0.717) is 11.5 Å². The topological polar surface area (TPSA) is 40.5 Å². The van der Waals surface area contributed by atoms with Gasteiger partial charge in [-0.3, -0.25) is 4.79 Å². The van der Waals surface area contributed by atoms with E-state index in [4.69, 9.17) is 5.11 Å². The van der Waals surface area contributed by atoms with Gasteiger partial charge in [0.05, 0.1) is 0 Å². The van der Waals surface area contributed by atoms with Gasteiger partial charge in [0.15, 0.2) is 0 Å². The lowest BCUT2D eigenvalue weighted by atomic mass is 9.92. The van der Waals surface area contributed by atoms with Gasteiger partial charge < -0.3 is 10.0 Å². The van der Waals surface area contributed by atoms with Gasteiger partial charge in [0.2, 0.25) is 0 Å². The Bertz CT molecular complexity index is 583. The smallest absolute Gasteiger partial charge is 0.254 e. The van der Waals surface area contributed by atoms with Crippen molar-refractivity contribution in [3.63, 3.8) is 0 Å². The maximum atomic E-state index is 12.7. The van der Waals surface area contributed by atoms with Crippen LogP contribution in [-0.2, 0) is 0 Å². The van der Waals surface area contributed by atoms with Gasteiger partial charge in [0, 0.05) is 23.7 Å². The van der Waals surface area contributed by atoms with Crippen molar-refractivity contribution in [2.45, 2.75) is 39.7 Å². The van der Waals surface area contributed by atoms with Crippen LogP contribution in [0.2, 0.25) is 0 Å². The molecule has 0 radical (unpaired) electrons. The van der Waals surface area contributed by atoms with Gasteiger partial charge in [-0.2, -0.15) is 0 Å². The molecule has 1 aliphatic heterocycles. The molecule has 1 fully saturated rings.